The molecule has 2 aromatic carbocycles. The van der Waals surface area contributed by atoms with Gasteiger partial charge in [0.15, 0.2) is 5.69 Å². The van der Waals surface area contributed by atoms with E-state index in [1.165, 1.54) is 11.3 Å². The maximum atomic E-state index is 13.2. The summed E-state index contributed by atoms with van der Waals surface area (Å²) in [5, 5.41) is 7.93. The summed E-state index contributed by atoms with van der Waals surface area (Å²) in [4.78, 5) is 13.2. The van der Waals surface area contributed by atoms with Gasteiger partial charge in [-0.15, -0.1) is 0 Å². The van der Waals surface area contributed by atoms with Gasteiger partial charge < -0.3 is 10.1 Å². The molecule has 1 amide bonds. The number of para-hydroxylation sites is 1. The second-order valence-electron chi connectivity index (χ2n) is 7.58. The largest absolute Gasteiger partial charge is 0.493 e. The highest BCUT2D eigenvalue weighted by atomic mass is 16.5. The lowest BCUT2D eigenvalue weighted by molar-refractivity contribution is 0.0918. The summed E-state index contributed by atoms with van der Waals surface area (Å²) in [6.45, 7) is 2.68. The van der Waals surface area contributed by atoms with Crippen molar-refractivity contribution < 1.29 is 9.53 Å². The van der Waals surface area contributed by atoms with Gasteiger partial charge in [0.25, 0.3) is 5.91 Å². The van der Waals surface area contributed by atoms with Gasteiger partial charge >= 0.3 is 0 Å². The summed E-state index contributed by atoms with van der Waals surface area (Å²) in [6, 6.07) is 16.2. The fourth-order valence-electron chi connectivity index (χ4n) is 4.24. The first-order chi connectivity index (χ1) is 13.7. The van der Waals surface area contributed by atoms with Crippen molar-refractivity contribution >= 4 is 5.91 Å². The van der Waals surface area contributed by atoms with Gasteiger partial charge in [-0.2, -0.15) is 5.10 Å². The summed E-state index contributed by atoms with van der Waals surface area (Å²) in [7, 11) is 0. The third kappa shape index (κ3) is 2.87. The molecule has 0 spiro atoms. The number of ether oxygens (including phenoxy) is 1. The fourth-order valence-corrected chi connectivity index (χ4v) is 4.24. The zero-order chi connectivity index (χ0) is 19.1. The Hall–Kier alpha value is -3.08. The maximum absolute atomic E-state index is 13.2. The Morgan fingerprint density at radius 2 is 1.96 bits per heavy atom. The zero-order valence-corrected chi connectivity index (χ0v) is 15.9. The highest BCUT2D eigenvalue weighted by Gasteiger charge is 2.29. The van der Waals surface area contributed by atoms with E-state index in [0.717, 1.165) is 48.2 Å². The van der Waals surface area contributed by atoms with E-state index >= 15 is 0 Å². The zero-order valence-electron chi connectivity index (χ0n) is 15.9. The minimum atomic E-state index is -0.0919. The number of nitrogens with zero attached hydrogens (tertiary/aromatic N) is 2. The van der Waals surface area contributed by atoms with E-state index in [4.69, 9.17) is 9.84 Å². The Morgan fingerprint density at radius 3 is 2.82 bits per heavy atom. The molecule has 0 saturated heterocycles. The Kier molecular flexibility index (Phi) is 4.15. The summed E-state index contributed by atoms with van der Waals surface area (Å²) < 4.78 is 7.67. The quantitative estimate of drug-likeness (QED) is 0.757. The molecule has 1 N–H and O–H groups in total. The third-order valence-corrected chi connectivity index (χ3v) is 5.69. The van der Waals surface area contributed by atoms with Crippen molar-refractivity contribution in [3.05, 3.63) is 76.6 Å². The number of fused-ring (bicyclic) bond motifs is 2. The number of carbonyl (C=O) groups is 1. The average Bonchev–Trinajstić information content (AvgIpc) is 3.32. The Balaban J connectivity index is 1.46. The van der Waals surface area contributed by atoms with Crippen LogP contribution in [0.4, 0.5) is 0 Å². The van der Waals surface area contributed by atoms with Crippen molar-refractivity contribution in [1.82, 2.24) is 15.1 Å². The molecule has 0 saturated carbocycles. The molecule has 28 heavy (non-hydrogen) atoms. The van der Waals surface area contributed by atoms with Crippen molar-refractivity contribution in [2.45, 2.75) is 38.6 Å². The molecule has 5 heteroatoms. The highest BCUT2D eigenvalue weighted by Crippen LogP contribution is 2.33. The van der Waals surface area contributed by atoms with Gasteiger partial charge in [0.1, 0.15) is 5.75 Å². The van der Waals surface area contributed by atoms with Gasteiger partial charge in [-0.3, -0.25) is 4.79 Å². The van der Waals surface area contributed by atoms with Gasteiger partial charge in [0.05, 0.1) is 18.3 Å². The van der Waals surface area contributed by atoms with Gasteiger partial charge in [-0.1, -0.05) is 35.9 Å². The van der Waals surface area contributed by atoms with E-state index in [2.05, 4.69) is 36.5 Å². The van der Waals surface area contributed by atoms with Crippen molar-refractivity contribution in [2.24, 2.45) is 0 Å². The molecule has 2 aliphatic rings. The number of carbonyl (C=O) groups excluding carboxylic acids is 1. The van der Waals surface area contributed by atoms with Gasteiger partial charge in [0.2, 0.25) is 0 Å². The normalized spacial score (nSPS) is 17.5. The van der Waals surface area contributed by atoms with Gasteiger partial charge in [-0.25, -0.2) is 4.68 Å². The molecular weight excluding hydrogens is 350 g/mol. The van der Waals surface area contributed by atoms with Crippen LogP contribution in [0.15, 0.2) is 48.5 Å². The summed E-state index contributed by atoms with van der Waals surface area (Å²) >= 11 is 0. The molecule has 2 heterocycles. The number of hydrogen-bond donors (Lipinski definition) is 1. The van der Waals surface area contributed by atoms with Crippen LogP contribution in [-0.4, -0.2) is 22.3 Å². The Bertz CT molecular complexity index is 1040. The molecule has 1 atom stereocenters. The number of amides is 1. The van der Waals surface area contributed by atoms with Crippen molar-refractivity contribution in [3.63, 3.8) is 0 Å². The Labute approximate surface area is 164 Å². The molecule has 1 aliphatic carbocycles. The van der Waals surface area contributed by atoms with Crippen LogP contribution in [0.25, 0.3) is 5.69 Å². The minimum Gasteiger partial charge on any atom is -0.493 e. The fraction of sp³-hybridized carbons (Fsp3) is 0.304. The smallest absolute Gasteiger partial charge is 0.272 e. The standard InChI is InChI=1S/C23H23N3O2/c1-15-9-11-16(12-10-15)26-20-7-4-6-18(20)22(25-26)23(27)24-19-13-14-28-21-8-3-2-5-17(19)21/h2-3,5,8-12,19H,4,6-7,13-14H2,1H3,(H,24,27). The van der Waals surface area contributed by atoms with Crippen LogP contribution in [0.2, 0.25) is 0 Å². The number of aromatic nitrogens is 2. The van der Waals surface area contributed by atoms with Crippen LogP contribution in [0.5, 0.6) is 5.75 Å². The van der Waals surface area contributed by atoms with E-state index in [9.17, 15) is 4.79 Å². The molecule has 5 rings (SSSR count). The summed E-state index contributed by atoms with van der Waals surface area (Å²) in [5.41, 5.74) is 6.09. The first-order valence-electron chi connectivity index (χ1n) is 9.91. The number of rotatable bonds is 3. The van der Waals surface area contributed by atoms with E-state index in [1.807, 2.05) is 28.9 Å². The van der Waals surface area contributed by atoms with Crippen LogP contribution in [-0.2, 0) is 12.8 Å². The van der Waals surface area contributed by atoms with Crippen LogP contribution in [0.3, 0.4) is 0 Å². The van der Waals surface area contributed by atoms with Crippen LogP contribution < -0.4 is 10.1 Å². The van der Waals surface area contributed by atoms with Gasteiger partial charge in [0, 0.05) is 23.2 Å². The second-order valence-corrected chi connectivity index (χ2v) is 7.58. The molecule has 5 nitrogen and oxygen atoms in total. The highest BCUT2D eigenvalue weighted by molar-refractivity contribution is 5.94. The number of hydrogen-bond acceptors (Lipinski definition) is 3. The molecule has 142 valence electrons. The lowest BCUT2D eigenvalue weighted by Crippen LogP contribution is -2.32. The predicted octanol–water partition coefficient (Wildman–Crippen LogP) is 3.92. The second kappa shape index (κ2) is 6.82. The Morgan fingerprint density at radius 1 is 1.14 bits per heavy atom. The lowest BCUT2D eigenvalue weighted by Gasteiger charge is -2.26. The van der Waals surface area contributed by atoms with Crippen LogP contribution >= 0.6 is 0 Å². The lowest BCUT2D eigenvalue weighted by atomic mass is 10.0. The first-order valence-corrected chi connectivity index (χ1v) is 9.91. The molecule has 3 aromatic rings. The molecular formula is C23H23N3O2. The SMILES string of the molecule is Cc1ccc(-n2nc(C(=O)NC3CCOc4ccccc43)c3c2CCC3)cc1. The van der Waals surface area contributed by atoms with E-state index in [-0.39, 0.29) is 11.9 Å². The average molecular weight is 373 g/mol. The van der Waals surface area contributed by atoms with Crippen LogP contribution in [0.1, 0.15) is 51.8 Å². The third-order valence-electron chi connectivity index (χ3n) is 5.69. The van der Waals surface area contributed by atoms with Crippen molar-refractivity contribution in [1.29, 1.82) is 0 Å². The molecule has 1 unspecified atom stereocenters. The first kappa shape index (κ1) is 17.0. The predicted molar refractivity (Wildman–Crippen MR) is 107 cm³/mol. The van der Waals surface area contributed by atoms with Crippen molar-refractivity contribution in [2.75, 3.05) is 6.61 Å². The van der Waals surface area contributed by atoms with Crippen LogP contribution in [0, 0.1) is 6.92 Å². The molecule has 0 fully saturated rings. The number of aryl methyl sites for hydroxylation is 1. The summed E-state index contributed by atoms with van der Waals surface area (Å²) in [6.07, 6.45) is 3.71. The molecule has 1 aliphatic heterocycles. The number of nitrogens with one attached hydrogen (secondary N) is 1. The topological polar surface area (TPSA) is 56.2 Å². The van der Waals surface area contributed by atoms with E-state index < -0.39 is 0 Å². The monoisotopic (exact) mass is 373 g/mol. The summed E-state index contributed by atoms with van der Waals surface area (Å²) in [5.74, 6) is 0.764. The molecule has 1 aromatic heterocycles. The van der Waals surface area contributed by atoms with E-state index in [1.54, 1.807) is 0 Å². The van der Waals surface area contributed by atoms with E-state index in [0.29, 0.717) is 12.3 Å². The number of benzene rings is 2. The van der Waals surface area contributed by atoms with Crippen molar-refractivity contribution in [3.8, 4) is 11.4 Å². The molecule has 0 bridgehead atoms. The molecule has 0 radical (unpaired) electrons. The van der Waals surface area contributed by atoms with Gasteiger partial charge in [-0.05, 0) is 44.4 Å². The maximum Gasteiger partial charge on any atom is 0.272 e. The minimum absolute atomic E-state index is 0.0426.